The summed E-state index contributed by atoms with van der Waals surface area (Å²) in [6.45, 7) is 10.9. The van der Waals surface area contributed by atoms with Gasteiger partial charge in [-0.2, -0.15) is 0 Å². The predicted molar refractivity (Wildman–Crippen MR) is 166 cm³/mol. The van der Waals surface area contributed by atoms with E-state index in [1.54, 1.807) is 0 Å². The quantitative estimate of drug-likeness (QED) is 0.283. The van der Waals surface area contributed by atoms with Crippen LogP contribution in [0.3, 0.4) is 0 Å². The first-order valence-electron chi connectivity index (χ1n) is 14.9. The molecule has 0 saturated heterocycles. The van der Waals surface area contributed by atoms with Gasteiger partial charge in [0.15, 0.2) is 0 Å². The van der Waals surface area contributed by atoms with Crippen LogP contribution in [0, 0.1) is 0 Å². The first-order valence-corrected chi connectivity index (χ1v) is 14.9. The van der Waals surface area contributed by atoms with Gasteiger partial charge in [-0.15, -0.1) is 0 Å². The molecule has 0 spiro atoms. The molecule has 2 aliphatic carbocycles. The van der Waals surface area contributed by atoms with Gasteiger partial charge in [-0.25, -0.2) is 4.79 Å². The molecule has 0 radical (unpaired) electrons. The number of carbonyl (C=O) groups is 1. The Morgan fingerprint density at radius 2 is 1.93 bits per heavy atom. The maximum absolute atomic E-state index is 12.3. The fourth-order valence-corrected chi connectivity index (χ4v) is 6.17. The van der Waals surface area contributed by atoms with Crippen molar-refractivity contribution in [3.05, 3.63) is 113 Å². The summed E-state index contributed by atoms with van der Waals surface area (Å²) >= 11 is 0. The van der Waals surface area contributed by atoms with E-state index in [2.05, 4.69) is 84.1 Å². The lowest BCUT2D eigenvalue weighted by atomic mass is 9.71. The van der Waals surface area contributed by atoms with Crippen LogP contribution in [-0.2, 0) is 14.9 Å². The van der Waals surface area contributed by atoms with Crippen molar-refractivity contribution in [1.82, 2.24) is 4.90 Å². The monoisotopic (exact) mass is 534 g/mol. The molecular formula is C36H42N2O2. The number of allylic oxidation sites excluding steroid dienone is 8. The topological polar surface area (TPSA) is 41.9 Å². The van der Waals surface area contributed by atoms with Crippen molar-refractivity contribution in [2.45, 2.75) is 70.6 Å². The lowest BCUT2D eigenvalue weighted by Gasteiger charge is -2.33. The first kappa shape index (κ1) is 27.9. The molecule has 4 heteroatoms. The molecule has 4 nitrogen and oxygen atoms in total. The van der Waals surface area contributed by atoms with Gasteiger partial charge in [-0.3, -0.25) is 4.99 Å². The lowest BCUT2D eigenvalue weighted by Crippen LogP contribution is -2.29. The van der Waals surface area contributed by atoms with E-state index in [0.717, 1.165) is 63.6 Å². The number of nitrogens with zero attached hydrogens (tertiary/aromatic N) is 2. The van der Waals surface area contributed by atoms with E-state index in [4.69, 9.17) is 4.74 Å². The van der Waals surface area contributed by atoms with Crippen molar-refractivity contribution in [2.24, 2.45) is 4.99 Å². The van der Waals surface area contributed by atoms with Crippen LogP contribution in [0.1, 0.15) is 76.3 Å². The molecule has 0 saturated carbocycles. The molecule has 5 rings (SSSR count). The Balaban J connectivity index is 1.37. The average Bonchev–Trinajstić information content (AvgIpc) is 3.16. The zero-order valence-electron chi connectivity index (χ0n) is 24.1. The maximum atomic E-state index is 12.3. The highest BCUT2D eigenvalue weighted by Gasteiger charge is 2.29. The average molecular weight is 535 g/mol. The molecule has 4 aliphatic rings. The lowest BCUT2D eigenvalue weighted by molar-refractivity contribution is -0.138. The molecule has 40 heavy (non-hydrogen) atoms. The molecular weight excluding hydrogens is 492 g/mol. The van der Waals surface area contributed by atoms with Gasteiger partial charge in [0, 0.05) is 47.8 Å². The molecule has 1 aromatic carbocycles. The van der Waals surface area contributed by atoms with Crippen LogP contribution in [0.4, 0.5) is 0 Å². The largest absolute Gasteiger partial charge is 0.463 e. The Hall–Kier alpha value is -3.66. The molecule has 0 bridgehead atoms. The highest BCUT2D eigenvalue weighted by molar-refractivity contribution is 5.88. The molecule has 1 atom stereocenters. The minimum absolute atomic E-state index is 0.0215. The van der Waals surface area contributed by atoms with Gasteiger partial charge >= 0.3 is 5.97 Å². The van der Waals surface area contributed by atoms with E-state index in [1.165, 1.54) is 45.5 Å². The summed E-state index contributed by atoms with van der Waals surface area (Å²) in [7, 11) is 0. The van der Waals surface area contributed by atoms with E-state index in [1.807, 2.05) is 19.3 Å². The molecule has 0 N–H and O–H groups in total. The predicted octanol–water partition coefficient (Wildman–Crippen LogP) is 8.17. The summed E-state index contributed by atoms with van der Waals surface area (Å²) in [6, 6.07) is 9.17. The minimum Gasteiger partial charge on any atom is -0.463 e. The number of fused-ring (bicyclic) bond motifs is 1. The van der Waals surface area contributed by atoms with Crippen molar-refractivity contribution in [1.29, 1.82) is 0 Å². The van der Waals surface area contributed by atoms with Crippen LogP contribution < -0.4 is 0 Å². The van der Waals surface area contributed by atoms with E-state index in [-0.39, 0.29) is 11.4 Å². The van der Waals surface area contributed by atoms with Crippen LogP contribution >= 0.6 is 0 Å². The highest BCUT2D eigenvalue weighted by Crippen LogP contribution is 2.40. The fourth-order valence-electron chi connectivity index (χ4n) is 6.17. The molecule has 0 unspecified atom stereocenters. The Kier molecular flexibility index (Phi) is 8.84. The molecule has 2 heterocycles. The zero-order valence-corrected chi connectivity index (χ0v) is 24.1. The normalized spacial score (nSPS) is 25.7. The third kappa shape index (κ3) is 6.06. The summed E-state index contributed by atoms with van der Waals surface area (Å²) < 4.78 is 5.25. The van der Waals surface area contributed by atoms with Crippen molar-refractivity contribution < 1.29 is 9.53 Å². The number of hydrogen-bond donors (Lipinski definition) is 0. The fraction of sp³-hybridized carbons (Fsp3) is 0.389. The number of hydrogen-bond acceptors (Lipinski definition) is 4. The molecule has 1 aromatic rings. The number of esters is 1. The third-order valence-electron chi connectivity index (χ3n) is 8.73. The van der Waals surface area contributed by atoms with E-state index in [0.29, 0.717) is 6.61 Å². The first-order chi connectivity index (χ1) is 19.5. The highest BCUT2D eigenvalue weighted by atomic mass is 16.5. The molecule has 0 aromatic heterocycles. The van der Waals surface area contributed by atoms with E-state index >= 15 is 0 Å². The van der Waals surface area contributed by atoms with Gasteiger partial charge in [0.25, 0.3) is 0 Å². The molecule has 0 fully saturated rings. The minimum atomic E-state index is -0.165. The van der Waals surface area contributed by atoms with Crippen molar-refractivity contribution in [3.63, 3.8) is 0 Å². The molecule has 2 aliphatic heterocycles. The Morgan fingerprint density at radius 3 is 2.75 bits per heavy atom. The number of ether oxygens (including phenoxy) is 1. The van der Waals surface area contributed by atoms with Crippen LogP contribution in [0.15, 0.2) is 106 Å². The van der Waals surface area contributed by atoms with E-state index < -0.39 is 0 Å². The summed E-state index contributed by atoms with van der Waals surface area (Å²) in [5.74, 6) is -0.165. The van der Waals surface area contributed by atoms with Crippen molar-refractivity contribution >= 4 is 17.8 Å². The second-order valence-electron chi connectivity index (χ2n) is 11.3. The summed E-state index contributed by atoms with van der Waals surface area (Å²) in [6.07, 6.45) is 25.2. The van der Waals surface area contributed by atoms with Crippen LogP contribution in [0.5, 0.6) is 0 Å². The number of benzene rings is 1. The SMILES string of the molecule is C=C1CCC/C=C/C[C@]1(C)c1ccc(C2=CCC3=CN=CC=C(N4CC/C=C(\C(=O)OCC)CCC4)C3=C2)cc1. The van der Waals surface area contributed by atoms with Crippen molar-refractivity contribution in [3.8, 4) is 0 Å². The summed E-state index contributed by atoms with van der Waals surface area (Å²) in [5, 5.41) is 0. The Morgan fingerprint density at radius 1 is 1.07 bits per heavy atom. The molecule has 208 valence electrons. The number of aliphatic imine (C=N–C) groups is 1. The Labute approximate surface area is 239 Å². The number of carbonyl (C=O) groups excluding carboxylic acids is 1. The smallest absolute Gasteiger partial charge is 0.333 e. The second kappa shape index (κ2) is 12.7. The maximum Gasteiger partial charge on any atom is 0.333 e. The van der Waals surface area contributed by atoms with Crippen LogP contribution in [0.25, 0.3) is 5.57 Å². The van der Waals surface area contributed by atoms with Gasteiger partial charge < -0.3 is 9.64 Å². The van der Waals surface area contributed by atoms with Gasteiger partial charge in [0.1, 0.15) is 0 Å². The van der Waals surface area contributed by atoms with Gasteiger partial charge in [0.2, 0.25) is 0 Å². The summed E-state index contributed by atoms with van der Waals surface area (Å²) in [4.78, 5) is 19.3. The van der Waals surface area contributed by atoms with E-state index in [9.17, 15) is 4.79 Å². The van der Waals surface area contributed by atoms with Gasteiger partial charge in [0.05, 0.1) is 6.61 Å². The number of rotatable bonds is 5. The molecule has 0 amide bonds. The van der Waals surface area contributed by atoms with Crippen LogP contribution in [0.2, 0.25) is 0 Å². The van der Waals surface area contributed by atoms with Crippen molar-refractivity contribution in [2.75, 3.05) is 19.7 Å². The third-order valence-corrected chi connectivity index (χ3v) is 8.73. The zero-order chi connectivity index (χ0) is 28.0. The van der Waals surface area contributed by atoms with Gasteiger partial charge in [-0.1, -0.05) is 67.6 Å². The second-order valence-corrected chi connectivity index (χ2v) is 11.3. The summed E-state index contributed by atoms with van der Waals surface area (Å²) in [5.41, 5.74) is 9.68. The Bertz CT molecular complexity index is 1350. The van der Waals surface area contributed by atoms with Crippen LogP contribution in [-0.4, -0.2) is 36.8 Å². The van der Waals surface area contributed by atoms with Gasteiger partial charge in [-0.05, 0) is 92.7 Å². The standard InChI is InChI=1S/C36H42N2O2/c1-4-40-35(39)29-12-9-23-38(24-10-13-29)34-20-22-37-26-31-15-14-30(25-33(31)34)28-16-18-32(19-17-28)36(3)21-8-6-5-7-11-27(36)2/h6,8,12,14,16-20,22,25-26H,2,4-5,7,9-11,13,15,21,23-24H2,1,3H3/b8-6+,29-12-/t36-/m0/s1.